The standard InChI is InChI=1S/C16H22N2O2.ClH/c1-5-10-17-13(3)11-14-8-7-9-15(12-14)20-16(19)18(4)6-2;/h1,7-9,12-13,17H,6,10-11H2,2-4H3;1H. The van der Waals surface area contributed by atoms with E-state index in [2.05, 4.69) is 18.2 Å². The van der Waals surface area contributed by atoms with Gasteiger partial charge in [-0.05, 0) is 38.0 Å². The maximum atomic E-state index is 11.7. The normalized spacial score (nSPS) is 11.0. The monoisotopic (exact) mass is 310 g/mol. The Balaban J connectivity index is 0.00000400. The summed E-state index contributed by atoms with van der Waals surface area (Å²) in [6.07, 6.45) is 5.70. The number of hydrogen-bond acceptors (Lipinski definition) is 3. The zero-order chi connectivity index (χ0) is 15.0. The van der Waals surface area contributed by atoms with Crippen molar-refractivity contribution in [3.63, 3.8) is 0 Å². The van der Waals surface area contributed by atoms with Gasteiger partial charge in [-0.15, -0.1) is 18.8 Å². The fraction of sp³-hybridized carbons (Fsp3) is 0.438. The number of nitrogens with one attached hydrogen (secondary N) is 1. The number of amides is 1. The third-order valence-corrected chi connectivity index (χ3v) is 2.98. The molecular formula is C16H23ClN2O2. The molecule has 0 aliphatic carbocycles. The van der Waals surface area contributed by atoms with Crippen molar-refractivity contribution < 1.29 is 9.53 Å². The molecule has 1 unspecified atom stereocenters. The van der Waals surface area contributed by atoms with E-state index in [4.69, 9.17) is 11.2 Å². The zero-order valence-electron chi connectivity index (χ0n) is 12.8. The first-order valence-electron chi connectivity index (χ1n) is 6.75. The van der Waals surface area contributed by atoms with E-state index in [0.717, 1.165) is 12.0 Å². The maximum absolute atomic E-state index is 11.7. The second kappa shape index (κ2) is 10.1. The van der Waals surface area contributed by atoms with Crippen LogP contribution in [0.2, 0.25) is 0 Å². The number of nitrogens with zero attached hydrogens (tertiary/aromatic N) is 1. The van der Waals surface area contributed by atoms with Gasteiger partial charge in [0.1, 0.15) is 5.75 Å². The molecule has 1 aromatic rings. The molecule has 116 valence electrons. The minimum absolute atomic E-state index is 0. The van der Waals surface area contributed by atoms with Gasteiger partial charge in [0, 0.05) is 19.6 Å². The van der Waals surface area contributed by atoms with Crippen molar-refractivity contribution in [2.75, 3.05) is 20.1 Å². The lowest BCUT2D eigenvalue weighted by molar-refractivity contribution is 0.165. The lowest BCUT2D eigenvalue weighted by Gasteiger charge is -2.15. The van der Waals surface area contributed by atoms with Crippen LogP contribution in [0, 0.1) is 12.3 Å². The fourth-order valence-corrected chi connectivity index (χ4v) is 1.70. The number of benzene rings is 1. The van der Waals surface area contributed by atoms with Crippen molar-refractivity contribution in [2.45, 2.75) is 26.3 Å². The molecule has 0 radical (unpaired) electrons. The van der Waals surface area contributed by atoms with Gasteiger partial charge in [0.15, 0.2) is 0 Å². The second-order valence-corrected chi connectivity index (χ2v) is 4.72. The van der Waals surface area contributed by atoms with Gasteiger partial charge in [0.2, 0.25) is 0 Å². The first kappa shape index (κ1) is 19.3. The van der Waals surface area contributed by atoms with Crippen LogP contribution in [-0.2, 0) is 6.42 Å². The summed E-state index contributed by atoms with van der Waals surface area (Å²) in [6, 6.07) is 7.84. The Labute approximate surface area is 133 Å². The number of halogens is 1. The highest BCUT2D eigenvalue weighted by atomic mass is 35.5. The molecule has 1 aromatic carbocycles. The first-order valence-corrected chi connectivity index (χ1v) is 6.75. The van der Waals surface area contributed by atoms with Gasteiger partial charge in [0.05, 0.1) is 6.54 Å². The first-order chi connectivity index (χ1) is 9.56. The molecule has 4 nitrogen and oxygen atoms in total. The van der Waals surface area contributed by atoms with Crippen LogP contribution >= 0.6 is 12.4 Å². The highest BCUT2D eigenvalue weighted by molar-refractivity contribution is 5.85. The summed E-state index contributed by atoms with van der Waals surface area (Å²) in [5.41, 5.74) is 1.10. The molecule has 0 spiro atoms. The summed E-state index contributed by atoms with van der Waals surface area (Å²) in [5.74, 6) is 3.12. The molecule has 1 atom stereocenters. The lowest BCUT2D eigenvalue weighted by Crippen LogP contribution is -2.29. The van der Waals surface area contributed by atoms with Crippen LogP contribution in [0.4, 0.5) is 4.79 Å². The fourth-order valence-electron chi connectivity index (χ4n) is 1.70. The Morgan fingerprint density at radius 3 is 2.86 bits per heavy atom. The largest absolute Gasteiger partial charge is 0.414 e. The molecule has 5 heteroatoms. The molecule has 1 rings (SSSR count). The van der Waals surface area contributed by atoms with Gasteiger partial charge in [0.25, 0.3) is 0 Å². The quantitative estimate of drug-likeness (QED) is 0.821. The van der Waals surface area contributed by atoms with Gasteiger partial charge in [-0.2, -0.15) is 0 Å². The Morgan fingerprint density at radius 1 is 1.52 bits per heavy atom. The second-order valence-electron chi connectivity index (χ2n) is 4.72. The van der Waals surface area contributed by atoms with Gasteiger partial charge in [-0.1, -0.05) is 18.1 Å². The average molecular weight is 311 g/mol. The van der Waals surface area contributed by atoms with E-state index < -0.39 is 0 Å². The average Bonchev–Trinajstić information content (AvgIpc) is 2.44. The summed E-state index contributed by atoms with van der Waals surface area (Å²) in [7, 11) is 1.71. The molecule has 0 heterocycles. The summed E-state index contributed by atoms with van der Waals surface area (Å²) in [4.78, 5) is 13.2. The number of terminal acetylenes is 1. The van der Waals surface area contributed by atoms with E-state index in [1.807, 2.05) is 25.1 Å². The molecule has 0 saturated heterocycles. The van der Waals surface area contributed by atoms with Crippen LogP contribution in [-0.4, -0.2) is 37.2 Å². The molecule has 1 N–H and O–H groups in total. The topological polar surface area (TPSA) is 41.6 Å². The van der Waals surface area contributed by atoms with Crippen LogP contribution in [0.1, 0.15) is 19.4 Å². The van der Waals surface area contributed by atoms with E-state index in [0.29, 0.717) is 18.8 Å². The van der Waals surface area contributed by atoms with Crippen molar-refractivity contribution in [1.82, 2.24) is 10.2 Å². The summed E-state index contributed by atoms with van der Waals surface area (Å²) in [5, 5.41) is 3.22. The maximum Gasteiger partial charge on any atom is 0.414 e. The van der Waals surface area contributed by atoms with Gasteiger partial charge in [-0.25, -0.2) is 4.79 Å². The summed E-state index contributed by atoms with van der Waals surface area (Å²) in [6.45, 7) is 5.14. The molecule has 0 aliphatic heterocycles. The SMILES string of the molecule is C#CCNC(C)Cc1cccc(OC(=O)N(C)CC)c1.Cl. The Hall–Kier alpha value is -1.70. The van der Waals surface area contributed by atoms with Crippen LogP contribution in [0.3, 0.4) is 0 Å². The van der Waals surface area contributed by atoms with Crippen molar-refractivity contribution in [2.24, 2.45) is 0 Å². The van der Waals surface area contributed by atoms with Crippen molar-refractivity contribution in [3.8, 4) is 18.1 Å². The number of rotatable bonds is 6. The van der Waals surface area contributed by atoms with Crippen LogP contribution in [0.15, 0.2) is 24.3 Å². The highest BCUT2D eigenvalue weighted by Gasteiger charge is 2.10. The van der Waals surface area contributed by atoms with E-state index in [1.54, 1.807) is 13.1 Å². The molecule has 0 saturated carbocycles. The molecule has 21 heavy (non-hydrogen) atoms. The van der Waals surface area contributed by atoms with E-state index in [9.17, 15) is 4.79 Å². The third kappa shape index (κ3) is 7.03. The summed E-state index contributed by atoms with van der Waals surface area (Å²) < 4.78 is 5.30. The molecular weight excluding hydrogens is 288 g/mol. The highest BCUT2D eigenvalue weighted by Crippen LogP contribution is 2.15. The van der Waals surface area contributed by atoms with Gasteiger partial charge in [-0.3, -0.25) is 0 Å². The Bertz CT molecular complexity index is 485. The zero-order valence-corrected chi connectivity index (χ0v) is 13.6. The molecule has 0 aromatic heterocycles. The van der Waals surface area contributed by atoms with Crippen LogP contribution in [0.5, 0.6) is 5.75 Å². The molecule has 1 amide bonds. The van der Waals surface area contributed by atoms with Crippen LogP contribution < -0.4 is 10.1 Å². The Kier molecular flexibility index (Phi) is 9.27. The predicted molar refractivity (Wildman–Crippen MR) is 88.0 cm³/mol. The molecule has 0 fully saturated rings. The minimum atomic E-state index is -0.344. The number of carbonyl (C=O) groups is 1. The molecule has 0 aliphatic rings. The molecule has 0 bridgehead atoms. The van der Waals surface area contributed by atoms with Crippen molar-refractivity contribution in [1.29, 1.82) is 0 Å². The smallest absolute Gasteiger partial charge is 0.410 e. The van der Waals surface area contributed by atoms with Gasteiger partial charge < -0.3 is 15.0 Å². The van der Waals surface area contributed by atoms with Crippen molar-refractivity contribution >= 4 is 18.5 Å². The van der Waals surface area contributed by atoms with Crippen LogP contribution in [0.25, 0.3) is 0 Å². The number of hydrogen-bond donors (Lipinski definition) is 1. The summed E-state index contributed by atoms with van der Waals surface area (Å²) >= 11 is 0. The van der Waals surface area contributed by atoms with E-state index in [1.165, 1.54) is 4.90 Å². The van der Waals surface area contributed by atoms with E-state index >= 15 is 0 Å². The number of ether oxygens (including phenoxy) is 1. The van der Waals surface area contributed by atoms with Crippen molar-refractivity contribution in [3.05, 3.63) is 29.8 Å². The minimum Gasteiger partial charge on any atom is -0.410 e. The number of carbonyl (C=O) groups excluding carboxylic acids is 1. The third-order valence-electron chi connectivity index (χ3n) is 2.98. The van der Waals surface area contributed by atoms with E-state index in [-0.39, 0.29) is 24.5 Å². The van der Waals surface area contributed by atoms with Gasteiger partial charge >= 0.3 is 6.09 Å². The predicted octanol–water partition coefficient (Wildman–Crippen LogP) is 2.71. The Morgan fingerprint density at radius 2 is 2.24 bits per heavy atom. The lowest BCUT2D eigenvalue weighted by atomic mass is 10.1.